The van der Waals surface area contributed by atoms with Crippen molar-refractivity contribution in [2.75, 3.05) is 13.6 Å². The molecule has 0 aliphatic rings. The van der Waals surface area contributed by atoms with Crippen LogP contribution in [0.4, 0.5) is 0 Å². The van der Waals surface area contributed by atoms with Crippen LogP contribution >= 0.6 is 11.6 Å². The zero-order valence-corrected chi connectivity index (χ0v) is 16.2. The number of nitrogens with zero attached hydrogens (tertiary/aromatic N) is 3. The van der Waals surface area contributed by atoms with Crippen LogP contribution in [0.25, 0.3) is 0 Å². The molecule has 0 saturated heterocycles. The molecule has 0 spiro atoms. The van der Waals surface area contributed by atoms with Crippen LogP contribution < -0.4 is 5.32 Å². The fraction of sp³-hybridized carbons (Fsp3) is 0.353. The van der Waals surface area contributed by atoms with Gasteiger partial charge in [-0.05, 0) is 30.7 Å². The lowest BCUT2D eigenvalue weighted by Gasteiger charge is -2.16. The molecule has 0 radical (unpaired) electrons. The van der Waals surface area contributed by atoms with E-state index < -0.39 is 10.0 Å². The molecule has 0 aliphatic heterocycles. The summed E-state index contributed by atoms with van der Waals surface area (Å²) >= 11 is 5.79. The molecule has 7 nitrogen and oxygen atoms in total. The lowest BCUT2D eigenvalue weighted by molar-refractivity contribution is 0.0952. The first-order valence-electron chi connectivity index (χ1n) is 8.15. The number of carbonyl (C=O) groups excluding carboxylic acids is 1. The number of amides is 1. The first kappa shape index (κ1) is 20.3. The third-order valence-corrected chi connectivity index (χ3v) is 5.74. The van der Waals surface area contributed by atoms with Gasteiger partial charge in [0.1, 0.15) is 5.82 Å². The number of carbonyl (C=O) groups is 1. The van der Waals surface area contributed by atoms with Crippen molar-refractivity contribution >= 4 is 27.5 Å². The fourth-order valence-corrected chi connectivity index (χ4v) is 3.36. The first-order chi connectivity index (χ1) is 12.3. The Balaban J connectivity index is 2.03. The van der Waals surface area contributed by atoms with Crippen molar-refractivity contribution in [1.82, 2.24) is 19.6 Å². The van der Waals surface area contributed by atoms with E-state index in [4.69, 9.17) is 11.6 Å². The Labute approximate surface area is 158 Å². The van der Waals surface area contributed by atoms with Crippen molar-refractivity contribution in [3.63, 3.8) is 0 Å². The van der Waals surface area contributed by atoms with Crippen molar-refractivity contribution in [3.05, 3.63) is 53.1 Å². The van der Waals surface area contributed by atoms with Crippen LogP contribution in [0.15, 0.2) is 41.6 Å². The molecule has 9 heteroatoms. The van der Waals surface area contributed by atoms with E-state index in [1.54, 1.807) is 0 Å². The van der Waals surface area contributed by atoms with Crippen molar-refractivity contribution in [1.29, 1.82) is 0 Å². The topological polar surface area (TPSA) is 92.3 Å². The summed E-state index contributed by atoms with van der Waals surface area (Å²) in [5.74, 6) is 0.0577. The minimum Gasteiger partial charge on any atom is -0.352 e. The van der Waals surface area contributed by atoms with E-state index >= 15 is 0 Å². The molecule has 1 aromatic heterocycles. The highest BCUT2D eigenvalue weighted by Crippen LogP contribution is 2.18. The number of benzene rings is 1. The summed E-state index contributed by atoms with van der Waals surface area (Å²) in [6, 6.07) is 5.92. The lowest BCUT2D eigenvalue weighted by Crippen LogP contribution is -2.28. The second-order valence-corrected chi connectivity index (χ2v) is 8.19. The second kappa shape index (κ2) is 9.07. The van der Waals surface area contributed by atoms with Crippen LogP contribution in [-0.2, 0) is 16.6 Å². The molecule has 140 valence electrons. The lowest BCUT2D eigenvalue weighted by atomic mass is 10.3. The number of rotatable bonds is 8. The maximum absolute atomic E-state index is 12.5. The largest absolute Gasteiger partial charge is 0.352 e. The molecule has 1 heterocycles. The summed E-state index contributed by atoms with van der Waals surface area (Å²) in [4.78, 5) is 20.2. The van der Waals surface area contributed by atoms with E-state index in [0.717, 1.165) is 17.1 Å². The molecule has 0 atom stereocenters. The minimum absolute atomic E-state index is 0.0112. The molecule has 0 bridgehead atoms. The number of unbranched alkanes of at least 4 members (excludes halogenated alkanes) is 1. The Morgan fingerprint density at radius 1 is 1.19 bits per heavy atom. The van der Waals surface area contributed by atoms with Crippen LogP contribution in [0.3, 0.4) is 0 Å². The van der Waals surface area contributed by atoms with E-state index in [-0.39, 0.29) is 17.3 Å². The predicted molar refractivity (Wildman–Crippen MR) is 99.4 cm³/mol. The van der Waals surface area contributed by atoms with E-state index in [1.165, 1.54) is 43.7 Å². The normalized spacial score (nSPS) is 11.5. The van der Waals surface area contributed by atoms with E-state index in [9.17, 15) is 13.2 Å². The van der Waals surface area contributed by atoms with Gasteiger partial charge >= 0.3 is 0 Å². The molecule has 0 aliphatic carbocycles. The predicted octanol–water partition coefficient (Wildman–Crippen LogP) is 2.48. The van der Waals surface area contributed by atoms with Gasteiger partial charge in [0.2, 0.25) is 10.0 Å². The Hall–Kier alpha value is -2.03. The second-order valence-electron chi connectivity index (χ2n) is 5.71. The molecule has 1 aromatic carbocycles. The number of nitrogens with one attached hydrogen (secondary N) is 1. The fourth-order valence-electron chi connectivity index (χ4n) is 2.11. The van der Waals surface area contributed by atoms with Crippen LogP contribution in [-0.4, -0.2) is 42.2 Å². The molecule has 1 amide bonds. The summed E-state index contributed by atoms with van der Waals surface area (Å²) in [5, 5.41) is 3.24. The molecule has 0 unspecified atom stereocenters. The van der Waals surface area contributed by atoms with E-state index in [2.05, 4.69) is 15.3 Å². The highest BCUT2D eigenvalue weighted by atomic mass is 35.5. The van der Waals surface area contributed by atoms with Gasteiger partial charge in [0.25, 0.3) is 5.91 Å². The zero-order chi connectivity index (χ0) is 19.2. The summed E-state index contributed by atoms with van der Waals surface area (Å²) in [6.07, 6.45) is 4.68. The molecule has 1 N–H and O–H groups in total. The van der Waals surface area contributed by atoms with Crippen molar-refractivity contribution < 1.29 is 13.2 Å². The molecule has 0 fully saturated rings. The average Bonchev–Trinajstić information content (AvgIpc) is 2.62. The minimum atomic E-state index is -3.68. The SMILES string of the molecule is CCCCNC(=O)c1cnc(CN(C)S(=O)(=O)c2ccc(Cl)cc2)nc1. The molecule has 2 aromatic rings. The summed E-state index contributed by atoms with van der Waals surface area (Å²) in [6.45, 7) is 2.63. The quantitative estimate of drug-likeness (QED) is 0.692. The van der Waals surface area contributed by atoms with Gasteiger partial charge in [-0.25, -0.2) is 18.4 Å². The standard InChI is InChI=1S/C17H21ClN4O3S/c1-3-4-9-19-17(23)13-10-20-16(21-11-13)12-22(2)26(24,25)15-7-5-14(18)6-8-15/h5-8,10-11H,3-4,9,12H2,1-2H3,(H,19,23). The third-order valence-electron chi connectivity index (χ3n) is 3.67. The van der Waals surface area contributed by atoms with Gasteiger partial charge in [-0.15, -0.1) is 0 Å². The first-order valence-corrected chi connectivity index (χ1v) is 9.97. The van der Waals surface area contributed by atoms with Crippen molar-refractivity contribution in [2.45, 2.75) is 31.2 Å². The molecule has 26 heavy (non-hydrogen) atoms. The zero-order valence-electron chi connectivity index (χ0n) is 14.6. The molecular formula is C17H21ClN4O3S. The van der Waals surface area contributed by atoms with Crippen molar-refractivity contribution in [2.24, 2.45) is 0 Å². The van der Waals surface area contributed by atoms with Crippen LogP contribution in [0.1, 0.15) is 35.9 Å². The Bertz CT molecular complexity index is 839. The Kier molecular flexibility index (Phi) is 7.07. The van der Waals surface area contributed by atoms with Gasteiger partial charge in [-0.3, -0.25) is 4.79 Å². The summed E-state index contributed by atoms with van der Waals surface area (Å²) < 4.78 is 26.2. The maximum Gasteiger partial charge on any atom is 0.254 e. The smallest absolute Gasteiger partial charge is 0.254 e. The van der Waals surface area contributed by atoms with Crippen LogP contribution in [0.5, 0.6) is 0 Å². The van der Waals surface area contributed by atoms with Crippen LogP contribution in [0, 0.1) is 0 Å². The maximum atomic E-state index is 12.5. The molecular weight excluding hydrogens is 376 g/mol. The van der Waals surface area contributed by atoms with Gasteiger partial charge in [0.15, 0.2) is 0 Å². The summed E-state index contributed by atoms with van der Waals surface area (Å²) in [7, 11) is -2.24. The molecule has 0 saturated carbocycles. The summed E-state index contributed by atoms with van der Waals surface area (Å²) in [5.41, 5.74) is 0.341. The number of hydrogen-bond donors (Lipinski definition) is 1. The van der Waals surface area contributed by atoms with Crippen LogP contribution in [0.2, 0.25) is 5.02 Å². The van der Waals surface area contributed by atoms with Gasteiger partial charge in [0.05, 0.1) is 17.0 Å². The average molecular weight is 397 g/mol. The Morgan fingerprint density at radius 3 is 2.38 bits per heavy atom. The van der Waals surface area contributed by atoms with E-state index in [1.807, 2.05) is 6.92 Å². The number of hydrogen-bond acceptors (Lipinski definition) is 5. The third kappa shape index (κ3) is 5.23. The van der Waals surface area contributed by atoms with Gasteiger partial charge in [0, 0.05) is 31.0 Å². The van der Waals surface area contributed by atoms with Gasteiger partial charge in [-0.1, -0.05) is 24.9 Å². The number of sulfonamides is 1. The monoisotopic (exact) mass is 396 g/mol. The highest BCUT2D eigenvalue weighted by molar-refractivity contribution is 7.89. The highest BCUT2D eigenvalue weighted by Gasteiger charge is 2.21. The van der Waals surface area contributed by atoms with E-state index in [0.29, 0.717) is 23.0 Å². The number of aromatic nitrogens is 2. The number of halogens is 1. The van der Waals surface area contributed by atoms with Gasteiger partial charge < -0.3 is 5.32 Å². The molecule has 2 rings (SSSR count). The Morgan fingerprint density at radius 2 is 1.81 bits per heavy atom. The van der Waals surface area contributed by atoms with Crippen molar-refractivity contribution in [3.8, 4) is 0 Å². The van der Waals surface area contributed by atoms with Gasteiger partial charge in [-0.2, -0.15) is 4.31 Å².